The van der Waals surface area contributed by atoms with Gasteiger partial charge in [0.15, 0.2) is 9.84 Å². The van der Waals surface area contributed by atoms with Gasteiger partial charge in [-0.25, -0.2) is 8.42 Å². The fourth-order valence-corrected chi connectivity index (χ4v) is 2.63. The van der Waals surface area contributed by atoms with E-state index in [0.29, 0.717) is 6.07 Å². The summed E-state index contributed by atoms with van der Waals surface area (Å²) in [5.74, 6) is -0.245. The number of hydrogen-bond acceptors (Lipinski definition) is 3. The van der Waals surface area contributed by atoms with Gasteiger partial charge < -0.3 is 5.73 Å². The van der Waals surface area contributed by atoms with Crippen LogP contribution in [-0.2, 0) is 16.0 Å². The molecule has 0 atom stereocenters. The van der Waals surface area contributed by atoms with Gasteiger partial charge in [-0.3, -0.25) is 0 Å². The predicted octanol–water partition coefficient (Wildman–Crippen LogP) is 1.83. The molecule has 0 saturated carbocycles. The van der Waals surface area contributed by atoms with Crippen LogP contribution in [0.5, 0.6) is 0 Å². The number of hydrogen-bond donors (Lipinski definition) is 1. The van der Waals surface area contributed by atoms with Gasteiger partial charge in [0.2, 0.25) is 0 Å². The van der Waals surface area contributed by atoms with E-state index in [1.54, 1.807) is 0 Å². The molecular weight excluding hydrogens is 255 g/mol. The molecule has 7 heteroatoms. The van der Waals surface area contributed by atoms with Gasteiger partial charge in [0, 0.05) is 0 Å². The number of nitrogens with two attached hydrogens (primary N) is 1. The Hall–Kier alpha value is -1.08. The van der Waals surface area contributed by atoms with Crippen LogP contribution in [0.4, 0.5) is 13.2 Å². The Bertz CT molecular complexity index is 483. The third-order valence-corrected chi connectivity index (χ3v) is 3.94. The minimum absolute atomic E-state index is 0.179. The summed E-state index contributed by atoms with van der Waals surface area (Å²) in [5.41, 5.74) is 4.20. The van der Waals surface area contributed by atoms with Gasteiger partial charge in [0.25, 0.3) is 0 Å². The molecule has 1 aromatic carbocycles. The van der Waals surface area contributed by atoms with E-state index >= 15 is 0 Å². The zero-order valence-electron chi connectivity index (χ0n) is 8.87. The van der Waals surface area contributed by atoms with E-state index in [1.165, 1.54) is 0 Å². The maximum Gasteiger partial charge on any atom is 0.416 e. The normalized spacial score (nSPS) is 12.7. The molecule has 0 unspecified atom stereocenters. The molecule has 0 bridgehead atoms. The SMILES string of the molecule is NCCCS(=O)(=O)c1cccc(C(F)(F)F)c1. The highest BCUT2D eigenvalue weighted by Crippen LogP contribution is 2.30. The monoisotopic (exact) mass is 267 g/mol. The average Bonchev–Trinajstić information content (AvgIpc) is 2.25. The van der Waals surface area contributed by atoms with Crippen LogP contribution in [0.15, 0.2) is 29.2 Å². The third kappa shape index (κ3) is 3.71. The lowest BCUT2D eigenvalue weighted by Gasteiger charge is -2.09. The van der Waals surface area contributed by atoms with Crippen molar-refractivity contribution in [2.75, 3.05) is 12.3 Å². The van der Waals surface area contributed by atoms with Crippen LogP contribution in [0.25, 0.3) is 0 Å². The van der Waals surface area contributed by atoms with Crippen LogP contribution in [0.2, 0.25) is 0 Å². The number of benzene rings is 1. The predicted molar refractivity (Wildman–Crippen MR) is 57.2 cm³/mol. The second kappa shape index (κ2) is 5.05. The van der Waals surface area contributed by atoms with Crippen molar-refractivity contribution in [2.24, 2.45) is 5.73 Å². The molecule has 0 aliphatic rings. The van der Waals surface area contributed by atoms with Crippen molar-refractivity contribution < 1.29 is 21.6 Å². The minimum Gasteiger partial charge on any atom is -0.330 e. The maximum atomic E-state index is 12.4. The van der Waals surface area contributed by atoms with Crippen molar-refractivity contribution in [3.05, 3.63) is 29.8 Å². The van der Waals surface area contributed by atoms with E-state index in [0.717, 1.165) is 18.2 Å². The minimum atomic E-state index is -4.54. The topological polar surface area (TPSA) is 60.2 Å². The van der Waals surface area contributed by atoms with E-state index in [9.17, 15) is 21.6 Å². The van der Waals surface area contributed by atoms with Crippen molar-refractivity contribution in [3.8, 4) is 0 Å². The van der Waals surface area contributed by atoms with Gasteiger partial charge in [-0.05, 0) is 31.2 Å². The smallest absolute Gasteiger partial charge is 0.330 e. The fraction of sp³-hybridized carbons (Fsp3) is 0.400. The number of alkyl halides is 3. The lowest BCUT2D eigenvalue weighted by atomic mass is 10.2. The summed E-state index contributed by atoms with van der Waals surface area (Å²) in [5, 5.41) is 0. The molecule has 0 amide bonds. The van der Waals surface area contributed by atoms with E-state index in [1.807, 2.05) is 0 Å². The summed E-state index contributed by atoms with van der Waals surface area (Å²) in [6.45, 7) is 0.179. The van der Waals surface area contributed by atoms with Crippen LogP contribution < -0.4 is 5.73 Å². The van der Waals surface area contributed by atoms with Crippen LogP contribution in [0.3, 0.4) is 0 Å². The molecule has 3 nitrogen and oxygen atoms in total. The molecule has 0 fully saturated rings. The van der Waals surface area contributed by atoms with Gasteiger partial charge in [0.05, 0.1) is 16.2 Å². The molecule has 0 saturated heterocycles. The first kappa shape index (κ1) is 14.0. The van der Waals surface area contributed by atoms with Crippen LogP contribution in [0.1, 0.15) is 12.0 Å². The lowest BCUT2D eigenvalue weighted by Crippen LogP contribution is -2.13. The molecule has 1 aromatic rings. The summed E-state index contributed by atoms with van der Waals surface area (Å²) in [7, 11) is -3.69. The van der Waals surface area contributed by atoms with Gasteiger partial charge in [-0.2, -0.15) is 13.2 Å². The zero-order valence-corrected chi connectivity index (χ0v) is 9.68. The summed E-state index contributed by atoms with van der Waals surface area (Å²) >= 11 is 0. The Labute approximate surface area is 97.4 Å². The molecule has 0 aliphatic heterocycles. The number of sulfone groups is 1. The Kier molecular flexibility index (Phi) is 4.16. The van der Waals surface area contributed by atoms with Crippen molar-refractivity contribution in [1.82, 2.24) is 0 Å². The molecule has 0 aliphatic carbocycles. The number of rotatable bonds is 4. The summed E-state index contributed by atoms with van der Waals surface area (Å²) in [4.78, 5) is -0.319. The Morgan fingerprint density at radius 2 is 1.88 bits per heavy atom. The van der Waals surface area contributed by atoms with E-state index in [4.69, 9.17) is 5.73 Å². The molecule has 1 rings (SSSR count). The van der Waals surface area contributed by atoms with E-state index in [2.05, 4.69) is 0 Å². The molecule has 0 aromatic heterocycles. The standard InChI is InChI=1S/C10H12F3NO2S/c11-10(12,13)8-3-1-4-9(7-8)17(15,16)6-2-5-14/h1,3-4,7H,2,5-6,14H2. The first-order chi connectivity index (χ1) is 7.77. The first-order valence-corrected chi connectivity index (χ1v) is 6.52. The summed E-state index contributed by atoms with van der Waals surface area (Å²) < 4.78 is 60.5. The average molecular weight is 267 g/mol. The molecule has 0 spiro atoms. The molecule has 17 heavy (non-hydrogen) atoms. The highest BCUT2D eigenvalue weighted by atomic mass is 32.2. The van der Waals surface area contributed by atoms with Gasteiger partial charge in [0.1, 0.15) is 0 Å². The Morgan fingerprint density at radius 3 is 2.41 bits per heavy atom. The molecule has 96 valence electrons. The van der Waals surface area contributed by atoms with Crippen molar-refractivity contribution in [3.63, 3.8) is 0 Å². The Balaban J connectivity index is 3.08. The highest BCUT2D eigenvalue weighted by Gasteiger charge is 2.31. The summed E-state index contributed by atoms with van der Waals surface area (Å²) in [6, 6.07) is 3.72. The van der Waals surface area contributed by atoms with Crippen LogP contribution in [-0.4, -0.2) is 20.7 Å². The lowest BCUT2D eigenvalue weighted by molar-refractivity contribution is -0.137. The molecule has 0 radical (unpaired) electrons. The van der Waals surface area contributed by atoms with Crippen LogP contribution >= 0.6 is 0 Å². The second-order valence-corrected chi connectivity index (χ2v) is 5.60. The van der Waals surface area contributed by atoms with Crippen molar-refractivity contribution in [1.29, 1.82) is 0 Å². The van der Waals surface area contributed by atoms with E-state index < -0.39 is 21.6 Å². The van der Waals surface area contributed by atoms with E-state index in [-0.39, 0.29) is 23.6 Å². The highest BCUT2D eigenvalue weighted by molar-refractivity contribution is 7.91. The third-order valence-electron chi connectivity index (χ3n) is 2.14. The maximum absolute atomic E-state index is 12.4. The van der Waals surface area contributed by atoms with Crippen molar-refractivity contribution in [2.45, 2.75) is 17.5 Å². The van der Waals surface area contributed by atoms with Crippen LogP contribution in [0, 0.1) is 0 Å². The first-order valence-electron chi connectivity index (χ1n) is 4.87. The molecule has 2 N–H and O–H groups in total. The Morgan fingerprint density at radius 1 is 1.24 bits per heavy atom. The quantitative estimate of drug-likeness (QED) is 0.905. The zero-order chi connectivity index (χ0) is 13.1. The van der Waals surface area contributed by atoms with Gasteiger partial charge >= 0.3 is 6.18 Å². The molecule has 0 heterocycles. The second-order valence-electron chi connectivity index (χ2n) is 3.49. The van der Waals surface area contributed by atoms with Gasteiger partial charge in [-0.15, -0.1) is 0 Å². The fourth-order valence-electron chi connectivity index (χ4n) is 1.26. The van der Waals surface area contributed by atoms with Crippen molar-refractivity contribution >= 4 is 9.84 Å². The molecular formula is C10H12F3NO2S. The summed E-state index contributed by atoms with van der Waals surface area (Å²) in [6.07, 6.45) is -4.32. The number of halogens is 3. The van der Waals surface area contributed by atoms with Gasteiger partial charge in [-0.1, -0.05) is 6.07 Å². The largest absolute Gasteiger partial charge is 0.416 e.